The van der Waals surface area contributed by atoms with Gasteiger partial charge in [-0.25, -0.2) is 0 Å². The van der Waals surface area contributed by atoms with Crippen molar-refractivity contribution in [3.63, 3.8) is 0 Å². The standard InChI is InChI=1S/C12H22N4O2/c1-9(2)18-12-6-14-5-11(15-12)16(3)7-10(13)8-17-4/h5-6,9-10H,7-8,13H2,1-4H3. The van der Waals surface area contributed by atoms with Gasteiger partial charge in [-0.3, -0.25) is 4.98 Å². The molecule has 2 N–H and O–H groups in total. The molecule has 1 aromatic heterocycles. The van der Waals surface area contributed by atoms with Gasteiger partial charge in [0.05, 0.1) is 25.1 Å². The number of nitrogens with two attached hydrogens (primary N) is 1. The van der Waals surface area contributed by atoms with Crippen LogP contribution in [0, 0.1) is 0 Å². The molecule has 0 saturated heterocycles. The van der Waals surface area contributed by atoms with E-state index >= 15 is 0 Å². The second-order valence-electron chi connectivity index (χ2n) is 4.48. The Balaban J connectivity index is 2.64. The van der Waals surface area contributed by atoms with E-state index in [1.807, 2.05) is 25.8 Å². The highest BCUT2D eigenvalue weighted by Crippen LogP contribution is 2.13. The number of hydrogen-bond donors (Lipinski definition) is 1. The average Bonchev–Trinajstić information content (AvgIpc) is 2.28. The van der Waals surface area contributed by atoms with Crippen molar-refractivity contribution < 1.29 is 9.47 Å². The lowest BCUT2D eigenvalue weighted by atomic mass is 10.3. The molecule has 0 bridgehead atoms. The Labute approximate surface area is 108 Å². The summed E-state index contributed by atoms with van der Waals surface area (Å²) < 4.78 is 10.5. The van der Waals surface area contributed by atoms with Crippen LogP contribution in [-0.4, -0.2) is 49.4 Å². The molecular formula is C12H22N4O2. The van der Waals surface area contributed by atoms with Crippen LogP contribution in [0.15, 0.2) is 12.4 Å². The van der Waals surface area contributed by atoms with Crippen LogP contribution in [0.25, 0.3) is 0 Å². The summed E-state index contributed by atoms with van der Waals surface area (Å²) >= 11 is 0. The van der Waals surface area contributed by atoms with Crippen LogP contribution in [0.3, 0.4) is 0 Å². The Morgan fingerprint density at radius 1 is 1.39 bits per heavy atom. The third-order valence-electron chi connectivity index (χ3n) is 2.24. The molecule has 0 aliphatic heterocycles. The second kappa shape index (κ2) is 7.13. The summed E-state index contributed by atoms with van der Waals surface area (Å²) in [5.74, 6) is 1.26. The Bertz CT molecular complexity index is 360. The van der Waals surface area contributed by atoms with Gasteiger partial charge in [-0.15, -0.1) is 0 Å². The van der Waals surface area contributed by atoms with Crippen LogP contribution in [0.2, 0.25) is 0 Å². The molecule has 1 unspecified atom stereocenters. The summed E-state index contributed by atoms with van der Waals surface area (Å²) in [6.07, 6.45) is 3.37. The predicted molar refractivity (Wildman–Crippen MR) is 70.9 cm³/mol. The quantitative estimate of drug-likeness (QED) is 0.771. The Kier molecular flexibility index (Phi) is 5.80. The third-order valence-corrected chi connectivity index (χ3v) is 2.24. The molecule has 0 radical (unpaired) electrons. The second-order valence-corrected chi connectivity index (χ2v) is 4.48. The van der Waals surface area contributed by atoms with E-state index in [1.54, 1.807) is 19.5 Å². The van der Waals surface area contributed by atoms with E-state index < -0.39 is 0 Å². The van der Waals surface area contributed by atoms with Crippen LogP contribution in [0.5, 0.6) is 5.88 Å². The first-order valence-electron chi connectivity index (χ1n) is 5.97. The molecule has 18 heavy (non-hydrogen) atoms. The van der Waals surface area contributed by atoms with Gasteiger partial charge in [-0.1, -0.05) is 0 Å². The van der Waals surface area contributed by atoms with Crippen LogP contribution in [0.4, 0.5) is 5.82 Å². The Morgan fingerprint density at radius 3 is 2.72 bits per heavy atom. The van der Waals surface area contributed by atoms with Gasteiger partial charge in [0.15, 0.2) is 5.82 Å². The summed E-state index contributed by atoms with van der Waals surface area (Å²) in [6.45, 7) is 5.06. The molecule has 0 spiro atoms. The van der Waals surface area contributed by atoms with E-state index in [0.29, 0.717) is 19.0 Å². The summed E-state index contributed by atoms with van der Waals surface area (Å²) in [6, 6.07) is -0.0588. The summed E-state index contributed by atoms with van der Waals surface area (Å²) in [5, 5.41) is 0. The molecule has 6 heteroatoms. The van der Waals surface area contributed by atoms with Gasteiger partial charge in [0.1, 0.15) is 0 Å². The zero-order chi connectivity index (χ0) is 13.5. The van der Waals surface area contributed by atoms with Crippen LogP contribution >= 0.6 is 0 Å². The molecule has 0 amide bonds. The lowest BCUT2D eigenvalue weighted by Crippen LogP contribution is -2.38. The largest absolute Gasteiger partial charge is 0.474 e. The molecule has 1 aromatic rings. The number of aromatic nitrogens is 2. The highest BCUT2D eigenvalue weighted by atomic mass is 16.5. The van der Waals surface area contributed by atoms with Crippen LogP contribution < -0.4 is 15.4 Å². The van der Waals surface area contributed by atoms with E-state index in [4.69, 9.17) is 15.2 Å². The van der Waals surface area contributed by atoms with E-state index in [0.717, 1.165) is 5.82 Å². The van der Waals surface area contributed by atoms with Crippen LogP contribution in [0.1, 0.15) is 13.8 Å². The maximum absolute atomic E-state index is 5.90. The zero-order valence-corrected chi connectivity index (χ0v) is 11.5. The maximum atomic E-state index is 5.90. The van der Waals surface area contributed by atoms with Gasteiger partial charge in [0, 0.05) is 26.7 Å². The SMILES string of the molecule is COCC(N)CN(C)c1cncc(OC(C)C)n1. The van der Waals surface area contributed by atoms with Gasteiger partial charge < -0.3 is 20.1 Å². The molecule has 1 heterocycles. The number of likely N-dealkylation sites (N-methyl/N-ethyl adjacent to an activating group) is 1. The fourth-order valence-corrected chi connectivity index (χ4v) is 1.53. The number of hydrogen-bond acceptors (Lipinski definition) is 6. The minimum atomic E-state index is -0.0588. The van der Waals surface area contributed by atoms with Crippen molar-refractivity contribution in [2.45, 2.75) is 26.0 Å². The van der Waals surface area contributed by atoms with Crippen LogP contribution in [-0.2, 0) is 4.74 Å². The highest BCUT2D eigenvalue weighted by Gasteiger charge is 2.10. The smallest absolute Gasteiger partial charge is 0.234 e. The number of rotatable bonds is 7. The zero-order valence-electron chi connectivity index (χ0n) is 11.5. The number of anilines is 1. The van der Waals surface area contributed by atoms with Crippen molar-refractivity contribution in [2.24, 2.45) is 5.73 Å². The minimum absolute atomic E-state index is 0.0588. The topological polar surface area (TPSA) is 73.5 Å². The van der Waals surface area contributed by atoms with Crippen molar-refractivity contribution in [1.82, 2.24) is 9.97 Å². The first kappa shape index (κ1) is 14.7. The molecule has 0 fully saturated rings. The highest BCUT2D eigenvalue weighted by molar-refractivity contribution is 5.36. The van der Waals surface area contributed by atoms with Crippen molar-refractivity contribution in [2.75, 3.05) is 32.2 Å². The van der Waals surface area contributed by atoms with Gasteiger partial charge in [0.25, 0.3) is 0 Å². The van der Waals surface area contributed by atoms with Gasteiger partial charge in [0.2, 0.25) is 5.88 Å². The predicted octanol–water partition coefficient (Wildman–Crippen LogP) is 0.674. The van der Waals surface area contributed by atoms with E-state index in [1.165, 1.54) is 0 Å². The fraction of sp³-hybridized carbons (Fsp3) is 0.667. The normalized spacial score (nSPS) is 12.6. The minimum Gasteiger partial charge on any atom is -0.474 e. The first-order valence-corrected chi connectivity index (χ1v) is 5.97. The molecule has 0 aliphatic carbocycles. The summed E-state index contributed by atoms with van der Waals surface area (Å²) in [7, 11) is 3.55. The summed E-state index contributed by atoms with van der Waals surface area (Å²) in [5.41, 5.74) is 5.90. The number of methoxy groups -OCH3 is 1. The van der Waals surface area contributed by atoms with Crippen molar-refractivity contribution in [3.8, 4) is 5.88 Å². The Hall–Kier alpha value is -1.40. The first-order chi connectivity index (χ1) is 8.52. The van der Waals surface area contributed by atoms with Gasteiger partial charge >= 0.3 is 0 Å². The lowest BCUT2D eigenvalue weighted by Gasteiger charge is -2.22. The lowest BCUT2D eigenvalue weighted by molar-refractivity contribution is 0.181. The van der Waals surface area contributed by atoms with Gasteiger partial charge in [-0.05, 0) is 13.8 Å². The number of nitrogens with zero attached hydrogens (tertiary/aromatic N) is 3. The molecule has 102 valence electrons. The summed E-state index contributed by atoms with van der Waals surface area (Å²) in [4.78, 5) is 10.4. The molecule has 0 aliphatic rings. The average molecular weight is 254 g/mol. The number of ether oxygens (including phenoxy) is 2. The Morgan fingerprint density at radius 2 is 2.11 bits per heavy atom. The van der Waals surface area contributed by atoms with Crippen molar-refractivity contribution in [1.29, 1.82) is 0 Å². The van der Waals surface area contributed by atoms with Gasteiger partial charge in [-0.2, -0.15) is 4.98 Å². The fourth-order valence-electron chi connectivity index (χ4n) is 1.53. The molecule has 0 saturated carbocycles. The molecule has 0 aromatic carbocycles. The van der Waals surface area contributed by atoms with E-state index in [2.05, 4.69) is 9.97 Å². The maximum Gasteiger partial charge on any atom is 0.234 e. The van der Waals surface area contributed by atoms with Crippen molar-refractivity contribution in [3.05, 3.63) is 12.4 Å². The van der Waals surface area contributed by atoms with E-state index in [9.17, 15) is 0 Å². The molecule has 1 rings (SSSR count). The molecular weight excluding hydrogens is 232 g/mol. The van der Waals surface area contributed by atoms with E-state index in [-0.39, 0.29) is 12.1 Å². The van der Waals surface area contributed by atoms with Crippen molar-refractivity contribution >= 4 is 5.82 Å². The molecule has 6 nitrogen and oxygen atoms in total. The monoisotopic (exact) mass is 254 g/mol. The molecule has 1 atom stereocenters. The third kappa shape index (κ3) is 4.85.